The third kappa shape index (κ3) is 3.71. The van der Waals surface area contributed by atoms with E-state index in [1.165, 1.54) is 60.6 Å². The van der Waals surface area contributed by atoms with Gasteiger partial charge in [-0.2, -0.15) is 0 Å². The van der Waals surface area contributed by atoms with E-state index in [1.807, 2.05) is 13.8 Å². The Morgan fingerprint density at radius 3 is 2.46 bits per heavy atom. The molecule has 0 aliphatic rings. The minimum atomic E-state index is -3.53. The molecule has 0 atom stereocenters. The maximum absolute atomic E-state index is 12.6. The number of rotatable bonds is 5. The van der Waals surface area contributed by atoms with Gasteiger partial charge in [0, 0.05) is 24.7 Å². The van der Waals surface area contributed by atoms with Gasteiger partial charge < -0.3 is 5.32 Å². The standard InChI is InChI=1S/C18H20N4O4S2/c1-11-12(2)27-17-16(11)18(24)22(10-19-17)9-15(23)20-13-5-7-14(8-6-13)28(25,26)21(3)4/h5-8,10H,9H2,1-4H3,(H,20,23). The van der Waals surface area contributed by atoms with E-state index < -0.39 is 15.9 Å². The Morgan fingerprint density at radius 2 is 1.86 bits per heavy atom. The van der Waals surface area contributed by atoms with E-state index in [2.05, 4.69) is 10.3 Å². The fourth-order valence-corrected chi connectivity index (χ4v) is 4.55. The number of carbonyl (C=O) groups excluding carboxylic acids is 1. The summed E-state index contributed by atoms with van der Waals surface area (Å²) in [5.74, 6) is -0.406. The molecule has 2 aromatic heterocycles. The SMILES string of the molecule is Cc1sc2ncn(CC(=O)Nc3ccc(S(=O)(=O)N(C)C)cc3)c(=O)c2c1C. The number of fused-ring (bicyclic) bond motifs is 1. The topological polar surface area (TPSA) is 101 Å². The highest BCUT2D eigenvalue weighted by molar-refractivity contribution is 7.89. The average Bonchev–Trinajstić information content (AvgIpc) is 2.92. The summed E-state index contributed by atoms with van der Waals surface area (Å²) in [7, 11) is -0.634. The summed E-state index contributed by atoms with van der Waals surface area (Å²) in [5.41, 5.74) is 1.06. The first-order valence-electron chi connectivity index (χ1n) is 8.39. The molecule has 1 aromatic carbocycles. The smallest absolute Gasteiger partial charge is 0.262 e. The number of carbonyl (C=O) groups is 1. The minimum Gasteiger partial charge on any atom is -0.325 e. The molecule has 10 heteroatoms. The molecular formula is C18H20N4O4S2. The first kappa shape index (κ1) is 20.2. The Bertz CT molecular complexity index is 1210. The second-order valence-corrected chi connectivity index (χ2v) is 9.86. The van der Waals surface area contributed by atoms with Gasteiger partial charge in [-0.05, 0) is 43.7 Å². The monoisotopic (exact) mass is 420 g/mol. The lowest BCUT2D eigenvalue weighted by atomic mass is 10.2. The van der Waals surface area contributed by atoms with Gasteiger partial charge in [0.15, 0.2) is 0 Å². The maximum atomic E-state index is 12.6. The molecule has 0 unspecified atom stereocenters. The zero-order valence-corrected chi connectivity index (χ0v) is 17.5. The van der Waals surface area contributed by atoms with Gasteiger partial charge >= 0.3 is 0 Å². The maximum Gasteiger partial charge on any atom is 0.262 e. The van der Waals surface area contributed by atoms with Crippen molar-refractivity contribution in [1.29, 1.82) is 0 Å². The van der Waals surface area contributed by atoms with E-state index in [0.29, 0.717) is 15.9 Å². The van der Waals surface area contributed by atoms with Crippen LogP contribution >= 0.6 is 11.3 Å². The van der Waals surface area contributed by atoms with Crippen LogP contribution in [0.15, 0.2) is 40.3 Å². The van der Waals surface area contributed by atoms with Gasteiger partial charge in [-0.25, -0.2) is 17.7 Å². The van der Waals surface area contributed by atoms with Gasteiger partial charge in [-0.3, -0.25) is 14.2 Å². The summed E-state index contributed by atoms with van der Waals surface area (Å²) in [6, 6.07) is 5.85. The molecule has 0 saturated heterocycles. The molecule has 3 aromatic rings. The second kappa shape index (κ2) is 7.46. The molecule has 148 valence electrons. The Balaban J connectivity index is 1.78. The fourth-order valence-electron chi connectivity index (χ4n) is 2.66. The van der Waals surface area contributed by atoms with Gasteiger partial charge in [-0.1, -0.05) is 0 Å². The minimum absolute atomic E-state index is 0.129. The van der Waals surface area contributed by atoms with Crippen molar-refractivity contribution in [2.24, 2.45) is 0 Å². The highest BCUT2D eigenvalue weighted by atomic mass is 32.2. The highest BCUT2D eigenvalue weighted by Crippen LogP contribution is 2.25. The van der Waals surface area contributed by atoms with Gasteiger partial charge in [0.2, 0.25) is 15.9 Å². The number of hydrogen-bond donors (Lipinski definition) is 1. The van der Waals surface area contributed by atoms with Crippen LogP contribution in [0.1, 0.15) is 10.4 Å². The number of sulfonamides is 1. The molecule has 0 radical (unpaired) electrons. The third-order valence-corrected chi connectivity index (χ3v) is 7.33. The van der Waals surface area contributed by atoms with Crippen molar-refractivity contribution in [3.05, 3.63) is 51.4 Å². The first-order chi connectivity index (χ1) is 13.1. The summed E-state index contributed by atoms with van der Waals surface area (Å²) in [6.45, 7) is 3.61. The zero-order chi connectivity index (χ0) is 20.6. The van der Waals surface area contributed by atoms with Crippen molar-refractivity contribution in [3.63, 3.8) is 0 Å². The van der Waals surface area contributed by atoms with Gasteiger partial charge in [0.25, 0.3) is 5.56 Å². The van der Waals surface area contributed by atoms with Gasteiger partial charge in [-0.15, -0.1) is 11.3 Å². The molecule has 3 rings (SSSR count). The zero-order valence-electron chi connectivity index (χ0n) is 15.9. The van der Waals surface area contributed by atoms with Crippen LogP contribution in [-0.4, -0.2) is 42.3 Å². The molecule has 1 amide bonds. The predicted molar refractivity (Wildman–Crippen MR) is 109 cm³/mol. The van der Waals surface area contributed by atoms with Gasteiger partial charge in [0.05, 0.1) is 16.6 Å². The summed E-state index contributed by atoms with van der Waals surface area (Å²) in [5, 5.41) is 3.20. The van der Waals surface area contributed by atoms with Crippen molar-refractivity contribution in [2.75, 3.05) is 19.4 Å². The van der Waals surface area contributed by atoms with Crippen LogP contribution < -0.4 is 10.9 Å². The van der Waals surface area contributed by atoms with Crippen LogP contribution in [0.25, 0.3) is 10.2 Å². The molecule has 2 heterocycles. The van der Waals surface area contributed by atoms with Gasteiger partial charge in [0.1, 0.15) is 11.4 Å². The fraction of sp³-hybridized carbons (Fsp3) is 0.278. The van der Waals surface area contributed by atoms with Crippen molar-refractivity contribution < 1.29 is 13.2 Å². The number of aryl methyl sites for hydroxylation is 2. The molecule has 8 nitrogen and oxygen atoms in total. The van der Waals surface area contributed by atoms with Crippen LogP contribution in [0.5, 0.6) is 0 Å². The number of nitrogens with one attached hydrogen (secondary N) is 1. The predicted octanol–water partition coefficient (Wildman–Crippen LogP) is 1.96. The lowest BCUT2D eigenvalue weighted by Crippen LogP contribution is -2.28. The van der Waals surface area contributed by atoms with Crippen molar-refractivity contribution >= 4 is 43.2 Å². The number of aromatic nitrogens is 2. The Hall–Kier alpha value is -2.56. The molecule has 0 bridgehead atoms. The third-order valence-electron chi connectivity index (χ3n) is 4.39. The average molecular weight is 421 g/mol. The molecule has 0 spiro atoms. The molecule has 0 saturated carbocycles. The Labute approximate surface area is 166 Å². The number of benzene rings is 1. The molecule has 0 fully saturated rings. The summed E-state index contributed by atoms with van der Waals surface area (Å²) >= 11 is 1.45. The highest BCUT2D eigenvalue weighted by Gasteiger charge is 2.17. The van der Waals surface area contributed by atoms with Crippen molar-refractivity contribution in [2.45, 2.75) is 25.3 Å². The van der Waals surface area contributed by atoms with E-state index in [9.17, 15) is 18.0 Å². The van der Waals surface area contributed by atoms with E-state index in [-0.39, 0.29) is 17.0 Å². The number of nitrogens with zero attached hydrogens (tertiary/aromatic N) is 3. The number of thiophene rings is 1. The lowest BCUT2D eigenvalue weighted by Gasteiger charge is -2.12. The van der Waals surface area contributed by atoms with E-state index in [4.69, 9.17) is 0 Å². The summed E-state index contributed by atoms with van der Waals surface area (Å²) < 4.78 is 26.5. The Morgan fingerprint density at radius 1 is 1.21 bits per heavy atom. The molecule has 1 N–H and O–H groups in total. The van der Waals surface area contributed by atoms with Crippen LogP contribution in [0.3, 0.4) is 0 Å². The molecule has 0 aliphatic heterocycles. The van der Waals surface area contributed by atoms with Crippen LogP contribution in [0.2, 0.25) is 0 Å². The van der Waals surface area contributed by atoms with Crippen LogP contribution in [0.4, 0.5) is 5.69 Å². The molecule has 28 heavy (non-hydrogen) atoms. The Kier molecular flexibility index (Phi) is 5.37. The number of hydrogen-bond acceptors (Lipinski definition) is 6. The number of amides is 1. The molecular weight excluding hydrogens is 400 g/mol. The summed E-state index contributed by atoms with van der Waals surface area (Å²) in [6.07, 6.45) is 1.37. The quantitative estimate of drug-likeness (QED) is 0.680. The second-order valence-electron chi connectivity index (χ2n) is 6.50. The lowest BCUT2D eigenvalue weighted by molar-refractivity contribution is -0.116. The summed E-state index contributed by atoms with van der Waals surface area (Å²) in [4.78, 5) is 31.1. The van der Waals surface area contributed by atoms with E-state index >= 15 is 0 Å². The van der Waals surface area contributed by atoms with Crippen molar-refractivity contribution in [3.8, 4) is 0 Å². The largest absolute Gasteiger partial charge is 0.325 e. The van der Waals surface area contributed by atoms with Crippen molar-refractivity contribution in [1.82, 2.24) is 13.9 Å². The molecule has 0 aliphatic carbocycles. The normalized spacial score (nSPS) is 11.9. The van der Waals surface area contributed by atoms with E-state index in [0.717, 1.165) is 14.7 Å². The van der Waals surface area contributed by atoms with E-state index in [1.54, 1.807) is 0 Å². The van der Waals surface area contributed by atoms with Crippen LogP contribution in [0, 0.1) is 13.8 Å². The first-order valence-corrected chi connectivity index (χ1v) is 10.6. The number of anilines is 1. The van der Waals surface area contributed by atoms with Crippen LogP contribution in [-0.2, 0) is 21.4 Å².